The summed E-state index contributed by atoms with van der Waals surface area (Å²) < 4.78 is 5.50. The summed E-state index contributed by atoms with van der Waals surface area (Å²) in [6, 6.07) is 7.37. The maximum absolute atomic E-state index is 12.3. The first-order valence-corrected chi connectivity index (χ1v) is 8.50. The van der Waals surface area contributed by atoms with E-state index in [0.29, 0.717) is 23.2 Å². The van der Waals surface area contributed by atoms with Gasteiger partial charge in [0, 0.05) is 18.5 Å². The van der Waals surface area contributed by atoms with Crippen LogP contribution in [0, 0.1) is 0 Å². The van der Waals surface area contributed by atoms with Gasteiger partial charge in [0.05, 0.1) is 17.5 Å². The van der Waals surface area contributed by atoms with E-state index in [4.69, 9.17) is 21.9 Å². The number of carbonyl (C=O) groups is 1. The Bertz CT molecular complexity index is 786. The molecular formula is C17H19ClN4O2. The molecule has 2 N–H and O–H groups in total. The number of hydrogen-bond acceptors (Lipinski definition) is 5. The van der Waals surface area contributed by atoms with Crippen molar-refractivity contribution in [3.63, 3.8) is 0 Å². The van der Waals surface area contributed by atoms with Crippen LogP contribution in [0.15, 0.2) is 28.8 Å². The molecule has 0 bridgehead atoms. The maximum atomic E-state index is 12.3. The Hall–Kier alpha value is -1.92. The number of benzene rings is 1. The van der Waals surface area contributed by atoms with E-state index in [9.17, 15) is 4.79 Å². The molecule has 2 heterocycles. The van der Waals surface area contributed by atoms with Crippen LogP contribution in [-0.4, -0.2) is 28.0 Å². The van der Waals surface area contributed by atoms with Gasteiger partial charge in [0.1, 0.15) is 0 Å². The third-order valence-corrected chi connectivity index (χ3v) is 5.46. The maximum Gasteiger partial charge on any atom is 0.232 e. The summed E-state index contributed by atoms with van der Waals surface area (Å²) in [5.41, 5.74) is 6.77. The van der Waals surface area contributed by atoms with Crippen LogP contribution in [0.1, 0.15) is 54.9 Å². The lowest BCUT2D eigenvalue weighted by atomic mass is 9.77. The molecular weight excluding hydrogens is 328 g/mol. The first-order valence-electron chi connectivity index (χ1n) is 8.12. The molecule has 2 fully saturated rings. The molecule has 1 aromatic heterocycles. The van der Waals surface area contributed by atoms with Gasteiger partial charge in [-0.1, -0.05) is 28.9 Å². The number of aromatic nitrogens is 2. The van der Waals surface area contributed by atoms with Gasteiger partial charge in [-0.15, -0.1) is 0 Å². The minimum absolute atomic E-state index is 0.0517. The second-order valence-corrected chi connectivity index (χ2v) is 7.22. The fourth-order valence-corrected chi connectivity index (χ4v) is 3.81. The lowest BCUT2D eigenvalue weighted by molar-refractivity contribution is -0.127. The highest BCUT2D eigenvalue weighted by molar-refractivity contribution is 6.30. The first-order chi connectivity index (χ1) is 11.5. The van der Waals surface area contributed by atoms with Crippen molar-refractivity contribution in [2.45, 2.75) is 43.2 Å². The molecule has 2 unspecified atom stereocenters. The van der Waals surface area contributed by atoms with Crippen molar-refractivity contribution in [3.8, 4) is 0 Å². The van der Waals surface area contributed by atoms with E-state index < -0.39 is 5.54 Å². The number of halogens is 1. The second kappa shape index (κ2) is 5.57. The molecule has 4 rings (SSSR count). The van der Waals surface area contributed by atoms with Crippen LogP contribution >= 0.6 is 11.6 Å². The Morgan fingerprint density at radius 1 is 1.42 bits per heavy atom. The molecule has 2 aliphatic rings. The molecule has 126 valence electrons. The molecule has 6 nitrogen and oxygen atoms in total. The molecule has 24 heavy (non-hydrogen) atoms. The van der Waals surface area contributed by atoms with Crippen LogP contribution in [0.25, 0.3) is 0 Å². The van der Waals surface area contributed by atoms with Crippen LogP contribution in [0.2, 0.25) is 5.02 Å². The highest BCUT2D eigenvalue weighted by Gasteiger charge is 2.44. The second-order valence-electron chi connectivity index (χ2n) is 6.78. The fourth-order valence-electron chi connectivity index (χ4n) is 3.61. The molecule has 7 heteroatoms. The smallest absolute Gasteiger partial charge is 0.232 e. The third-order valence-electron chi connectivity index (χ3n) is 5.23. The van der Waals surface area contributed by atoms with Crippen LogP contribution < -0.4 is 5.73 Å². The van der Waals surface area contributed by atoms with Gasteiger partial charge in [0.15, 0.2) is 5.82 Å². The van der Waals surface area contributed by atoms with Gasteiger partial charge in [-0.2, -0.15) is 4.98 Å². The predicted molar refractivity (Wildman–Crippen MR) is 88.3 cm³/mol. The van der Waals surface area contributed by atoms with Crippen molar-refractivity contribution in [1.29, 1.82) is 0 Å². The van der Waals surface area contributed by atoms with Crippen LogP contribution in [0.3, 0.4) is 0 Å². The average Bonchev–Trinajstić information content (AvgIpc) is 3.11. The number of hydrogen-bond donors (Lipinski definition) is 1. The van der Waals surface area contributed by atoms with Crippen molar-refractivity contribution >= 4 is 17.5 Å². The third kappa shape index (κ3) is 2.41. The van der Waals surface area contributed by atoms with E-state index in [2.05, 4.69) is 10.1 Å². The number of carbonyl (C=O) groups excluding carboxylic acids is 1. The number of nitrogens with zero attached hydrogens (tertiary/aromatic N) is 3. The van der Waals surface area contributed by atoms with E-state index in [1.54, 1.807) is 11.9 Å². The van der Waals surface area contributed by atoms with Gasteiger partial charge >= 0.3 is 0 Å². The summed E-state index contributed by atoms with van der Waals surface area (Å²) in [6.45, 7) is 0. The largest absolute Gasteiger partial charge is 0.339 e. The standard InChI is InChI=1S/C17H19ClN4O2/c1-22-13(23)9-12(14(22)10-4-2-5-11(18)8-10)15-20-16(21-24-15)17(19)6-3-7-17/h2,4-5,8,12,14H,3,6-7,9,19H2,1H3. The number of likely N-dealkylation sites (N-methyl/N-ethyl adjacent to an activating group) is 1. The molecule has 2 aromatic rings. The Balaban J connectivity index is 1.69. The molecule has 0 spiro atoms. The van der Waals surface area contributed by atoms with Crippen molar-refractivity contribution in [1.82, 2.24) is 15.0 Å². The van der Waals surface area contributed by atoms with Crippen molar-refractivity contribution in [2.24, 2.45) is 5.73 Å². The molecule has 1 aromatic carbocycles. The summed E-state index contributed by atoms with van der Waals surface area (Å²) in [5.74, 6) is 0.890. The Kier molecular flexibility index (Phi) is 3.62. The van der Waals surface area contributed by atoms with Gasteiger partial charge in [-0.25, -0.2) is 0 Å². The minimum atomic E-state index is -0.470. The lowest BCUT2D eigenvalue weighted by Crippen LogP contribution is -2.44. The quantitative estimate of drug-likeness (QED) is 0.923. The monoisotopic (exact) mass is 346 g/mol. The van der Waals surface area contributed by atoms with E-state index in [1.807, 2.05) is 24.3 Å². The van der Waals surface area contributed by atoms with Gasteiger partial charge in [0.2, 0.25) is 11.8 Å². The Morgan fingerprint density at radius 2 is 2.21 bits per heavy atom. The van der Waals surface area contributed by atoms with Gasteiger partial charge in [0.25, 0.3) is 0 Å². The topological polar surface area (TPSA) is 85.2 Å². The van der Waals surface area contributed by atoms with Crippen molar-refractivity contribution in [3.05, 3.63) is 46.6 Å². The predicted octanol–water partition coefficient (Wildman–Crippen LogP) is 2.75. The Labute approximate surface area is 145 Å². The molecule has 0 radical (unpaired) electrons. The normalized spacial score (nSPS) is 25.8. The zero-order valence-corrected chi connectivity index (χ0v) is 14.2. The van der Waals surface area contributed by atoms with E-state index in [-0.39, 0.29) is 17.9 Å². The molecule has 1 saturated heterocycles. The molecule has 2 atom stereocenters. The van der Waals surface area contributed by atoms with Gasteiger partial charge < -0.3 is 15.2 Å². The summed E-state index contributed by atoms with van der Waals surface area (Å²) >= 11 is 6.12. The number of amides is 1. The molecule has 1 amide bonds. The average molecular weight is 347 g/mol. The van der Waals surface area contributed by atoms with E-state index in [1.165, 1.54) is 0 Å². The molecule has 1 aliphatic heterocycles. The number of rotatable bonds is 3. The highest BCUT2D eigenvalue weighted by atomic mass is 35.5. The molecule has 1 aliphatic carbocycles. The van der Waals surface area contributed by atoms with Crippen LogP contribution in [0.4, 0.5) is 0 Å². The van der Waals surface area contributed by atoms with Crippen LogP contribution in [-0.2, 0) is 10.3 Å². The molecule has 1 saturated carbocycles. The zero-order valence-electron chi connectivity index (χ0n) is 13.4. The van der Waals surface area contributed by atoms with Crippen molar-refractivity contribution in [2.75, 3.05) is 7.05 Å². The zero-order chi connectivity index (χ0) is 16.9. The van der Waals surface area contributed by atoms with Gasteiger partial charge in [-0.05, 0) is 37.0 Å². The highest BCUT2D eigenvalue weighted by Crippen LogP contribution is 2.44. The number of nitrogens with two attached hydrogens (primary N) is 1. The summed E-state index contributed by atoms with van der Waals surface area (Å²) in [5, 5.41) is 4.72. The van der Waals surface area contributed by atoms with E-state index in [0.717, 1.165) is 24.8 Å². The Morgan fingerprint density at radius 3 is 2.88 bits per heavy atom. The number of likely N-dealkylation sites (tertiary alicyclic amines) is 1. The lowest BCUT2D eigenvalue weighted by Gasteiger charge is -2.34. The first kappa shape index (κ1) is 15.6. The summed E-state index contributed by atoms with van der Waals surface area (Å²) in [4.78, 5) is 18.5. The summed E-state index contributed by atoms with van der Waals surface area (Å²) in [7, 11) is 1.79. The van der Waals surface area contributed by atoms with Crippen LogP contribution in [0.5, 0.6) is 0 Å². The van der Waals surface area contributed by atoms with E-state index >= 15 is 0 Å². The SMILES string of the molecule is CN1C(=O)CC(c2nc(C3(N)CCC3)no2)C1c1cccc(Cl)c1. The summed E-state index contributed by atoms with van der Waals surface area (Å²) in [6.07, 6.45) is 3.16. The fraction of sp³-hybridized carbons (Fsp3) is 0.471. The van der Waals surface area contributed by atoms with Crippen molar-refractivity contribution < 1.29 is 9.32 Å². The van der Waals surface area contributed by atoms with Gasteiger partial charge in [-0.3, -0.25) is 4.79 Å². The minimum Gasteiger partial charge on any atom is -0.339 e.